The molecule has 0 aromatic heterocycles. The Hall–Kier alpha value is -1.06. The van der Waals surface area contributed by atoms with Gasteiger partial charge in [0.05, 0.1) is 11.3 Å². The van der Waals surface area contributed by atoms with Crippen LogP contribution in [0.3, 0.4) is 0 Å². The van der Waals surface area contributed by atoms with Crippen LogP contribution in [0.2, 0.25) is 0 Å². The lowest BCUT2D eigenvalue weighted by Gasteiger charge is -2.28. The van der Waals surface area contributed by atoms with Crippen molar-refractivity contribution in [3.8, 4) is 0 Å². The molecule has 2 N–H and O–H groups in total. The van der Waals surface area contributed by atoms with Crippen molar-refractivity contribution in [2.24, 2.45) is 11.3 Å². The highest BCUT2D eigenvalue weighted by atomic mass is 16.4. The molecule has 0 aromatic carbocycles. The molecule has 4 nitrogen and oxygen atoms in total. The lowest BCUT2D eigenvalue weighted by Crippen LogP contribution is -2.38. The quantitative estimate of drug-likeness (QED) is 0.687. The van der Waals surface area contributed by atoms with E-state index in [2.05, 4.69) is 0 Å². The number of hydrogen-bond acceptors (Lipinski definition) is 2. The summed E-state index contributed by atoms with van der Waals surface area (Å²) in [5.74, 6) is -2.95. The van der Waals surface area contributed by atoms with E-state index in [1.165, 1.54) is 13.8 Å². The van der Waals surface area contributed by atoms with E-state index in [-0.39, 0.29) is 0 Å². The fourth-order valence-electron chi connectivity index (χ4n) is 1.30. The average Bonchev–Trinajstić information content (AvgIpc) is 2.02. The summed E-state index contributed by atoms with van der Waals surface area (Å²) in [6, 6.07) is 0. The molecule has 0 saturated heterocycles. The van der Waals surface area contributed by atoms with E-state index in [9.17, 15) is 9.59 Å². The lowest BCUT2D eigenvalue weighted by molar-refractivity contribution is -0.161. The third kappa shape index (κ3) is 2.44. The van der Waals surface area contributed by atoms with Crippen LogP contribution in [0.4, 0.5) is 0 Å². The summed E-state index contributed by atoms with van der Waals surface area (Å²) in [5, 5.41) is 17.6. The van der Waals surface area contributed by atoms with E-state index in [0.717, 1.165) is 0 Å². The Morgan fingerprint density at radius 2 is 1.85 bits per heavy atom. The van der Waals surface area contributed by atoms with E-state index < -0.39 is 23.3 Å². The highest BCUT2D eigenvalue weighted by molar-refractivity contribution is 5.82. The van der Waals surface area contributed by atoms with Crippen LogP contribution in [0.1, 0.15) is 33.6 Å². The maximum Gasteiger partial charge on any atom is 0.310 e. The van der Waals surface area contributed by atoms with Crippen molar-refractivity contribution in [1.29, 1.82) is 0 Å². The molecule has 0 saturated carbocycles. The van der Waals surface area contributed by atoms with Gasteiger partial charge in [-0.3, -0.25) is 9.59 Å². The molecule has 13 heavy (non-hydrogen) atoms. The van der Waals surface area contributed by atoms with Crippen molar-refractivity contribution in [3.05, 3.63) is 0 Å². The topological polar surface area (TPSA) is 74.6 Å². The predicted molar refractivity (Wildman–Crippen MR) is 47.5 cm³/mol. The van der Waals surface area contributed by atoms with Crippen molar-refractivity contribution in [2.45, 2.75) is 33.6 Å². The van der Waals surface area contributed by atoms with Gasteiger partial charge in [-0.05, 0) is 13.3 Å². The van der Waals surface area contributed by atoms with E-state index in [0.29, 0.717) is 12.8 Å². The van der Waals surface area contributed by atoms with Gasteiger partial charge in [0.15, 0.2) is 0 Å². The average molecular weight is 188 g/mol. The van der Waals surface area contributed by atoms with Gasteiger partial charge in [-0.1, -0.05) is 20.3 Å². The predicted octanol–water partition coefficient (Wildman–Crippen LogP) is 1.60. The van der Waals surface area contributed by atoms with Gasteiger partial charge >= 0.3 is 11.9 Å². The zero-order valence-corrected chi connectivity index (χ0v) is 8.20. The van der Waals surface area contributed by atoms with Crippen molar-refractivity contribution in [3.63, 3.8) is 0 Å². The first-order valence-electron chi connectivity index (χ1n) is 4.32. The molecule has 0 amide bonds. The molecule has 0 aliphatic rings. The normalized spacial score (nSPS) is 17.5. The van der Waals surface area contributed by atoms with Crippen LogP contribution in [0.25, 0.3) is 0 Å². The van der Waals surface area contributed by atoms with Gasteiger partial charge in [0.25, 0.3) is 0 Å². The SMILES string of the molecule is CCCC(C)(C(=O)O)C(C)C(=O)O. The summed E-state index contributed by atoms with van der Waals surface area (Å²) in [6.07, 6.45) is 1.05. The number of carboxylic acid groups (broad SMARTS) is 2. The Morgan fingerprint density at radius 3 is 2.08 bits per heavy atom. The second kappa shape index (κ2) is 4.25. The summed E-state index contributed by atoms with van der Waals surface area (Å²) in [7, 11) is 0. The number of carbonyl (C=O) groups is 2. The van der Waals surface area contributed by atoms with Crippen molar-refractivity contribution >= 4 is 11.9 Å². The van der Waals surface area contributed by atoms with Crippen molar-refractivity contribution in [2.75, 3.05) is 0 Å². The lowest BCUT2D eigenvalue weighted by atomic mass is 9.75. The molecule has 4 heteroatoms. The molecule has 2 atom stereocenters. The Labute approximate surface area is 77.6 Å². The first kappa shape index (κ1) is 11.9. The maximum absolute atomic E-state index is 10.9. The molecule has 0 fully saturated rings. The van der Waals surface area contributed by atoms with Gasteiger partial charge in [-0.2, -0.15) is 0 Å². The molecule has 0 aromatic rings. The minimum Gasteiger partial charge on any atom is -0.481 e. The van der Waals surface area contributed by atoms with E-state index in [1.807, 2.05) is 6.92 Å². The standard InChI is InChI=1S/C9H16O4/c1-4-5-9(3,8(12)13)6(2)7(10)11/h6H,4-5H2,1-3H3,(H,10,11)(H,12,13). The van der Waals surface area contributed by atoms with Gasteiger partial charge in [-0.15, -0.1) is 0 Å². The minimum atomic E-state index is -1.15. The fraction of sp³-hybridized carbons (Fsp3) is 0.778. The van der Waals surface area contributed by atoms with Gasteiger partial charge in [0.2, 0.25) is 0 Å². The number of aliphatic carboxylic acids is 2. The molecule has 0 rings (SSSR count). The molecule has 0 aliphatic heterocycles. The van der Waals surface area contributed by atoms with E-state index in [1.54, 1.807) is 0 Å². The highest BCUT2D eigenvalue weighted by Gasteiger charge is 2.41. The van der Waals surface area contributed by atoms with Gasteiger partial charge in [-0.25, -0.2) is 0 Å². The second-order valence-electron chi connectivity index (χ2n) is 3.53. The van der Waals surface area contributed by atoms with Crippen LogP contribution < -0.4 is 0 Å². The molecule has 2 unspecified atom stereocenters. The Morgan fingerprint density at radius 1 is 1.38 bits per heavy atom. The zero-order chi connectivity index (χ0) is 10.6. The largest absolute Gasteiger partial charge is 0.481 e. The Balaban J connectivity index is 4.77. The Kier molecular flexibility index (Phi) is 3.91. The maximum atomic E-state index is 10.9. The second-order valence-corrected chi connectivity index (χ2v) is 3.53. The fourth-order valence-corrected chi connectivity index (χ4v) is 1.30. The van der Waals surface area contributed by atoms with Crippen LogP contribution in [-0.2, 0) is 9.59 Å². The third-order valence-corrected chi connectivity index (χ3v) is 2.58. The molecule has 76 valence electrons. The van der Waals surface area contributed by atoms with Gasteiger partial charge in [0.1, 0.15) is 0 Å². The summed E-state index contributed by atoms with van der Waals surface area (Å²) >= 11 is 0. The number of carboxylic acids is 2. The molecule has 0 radical (unpaired) electrons. The molecule has 0 aliphatic carbocycles. The molecule has 0 heterocycles. The smallest absolute Gasteiger partial charge is 0.310 e. The summed E-state index contributed by atoms with van der Waals surface area (Å²) in [6.45, 7) is 4.76. The Bertz CT molecular complexity index is 212. The first-order valence-corrected chi connectivity index (χ1v) is 4.32. The zero-order valence-electron chi connectivity index (χ0n) is 8.20. The van der Waals surface area contributed by atoms with Crippen LogP contribution in [0, 0.1) is 11.3 Å². The summed E-state index contributed by atoms with van der Waals surface area (Å²) < 4.78 is 0. The summed E-state index contributed by atoms with van der Waals surface area (Å²) in [4.78, 5) is 21.6. The molecule has 0 bridgehead atoms. The first-order chi connectivity index (χ1) is 5.86. The number of hydrogen-bond donors (Lipinski definition) is 2. The summed E-state index contributed by atoms with van der Waals surface area (Å²) in [5.41, 5.74) is -1.15. The molecule has 0 spiro atoms. The van der Waals surface area contributed by atoms with Gasteiger partial charge in [0, 0.05) is 0 Å². The van der Waals surface area contributed by atoms with Crippen molar-refractivity contribution in [1.82, 2.24) is 0 Å². The van der Waals surface area contributed by atoms with Crippen LogP contribution in [0.15, 0.2) is 0 Å². The van der Waals surface area contributed by atoms with E-state index in [4.69, 9.17) is 10.2 Å². The number of rotatable bonds is 5. The molecular formula is C9H16O4. The van der Waals surface area contributed by atoms with Crippen LogP contribution >= 0.6 is 0 Å². The highest BCUT2D eigenvalue weighted by Crippen LogP contribution is 2.32. The van der Waals surface area contributed by atoms with Crippen molar-refractivity contribution < 1.29 is 19.8 Å². The van der Waals surface area contributed by atoms with Crippen LogP contribution in [-0.4, -0.2) is 22.2 Å². The van der Waals surface area contributed by atoms with E-state index >= 15 is 0 Å². The third-order valence-electron chi connectivity index (χ3n) is 2.58. The monoisotopic (exact) mass is 188 g/mol. The minimum absolute atomic E-state index is 0.385. The van der Waals surface area contributed by atoms with Gasteiger partial charge < -0.3 is 10.2 Å². The van der Waals surface area contributed by atoms with Crippen LogP contribution in [0.5, 0.6) is 0 Å². The molecular weight excluding hydrogens is 172 g/mol.